The number of nitrogens with one attached hydrogen (secondary N) is 1. The van der Waals surface area contributed by atoms with Crippen LogP contribution in [0, 0.1) is 0 Å². The number of nitrogens with two attached hydrogens (primary N) is 1. The summed E-state index contributed by atoms with van der Waals surface area (Å²) in [6.07, 6.45) is -6.82. The van der Waals surface area contributed by atoms with Gasteiger partial charge in [0.15, 0.2) is 6.17 Å². The number of rotatable bonds is 1. The Labute approximate surface area is 67.5 Å². The molecule has 0 rings (SSSR count). The number of hydrogen-bond acceptors (Lipinski definition) is 2. The highest BCUT2D eigenvalue weighted by molar-refractivity contribution is 5.85. The van der Waals surface area contributed by atoms with Crippen molar-refractivity contribution in [3.63, 3.8) is 0 Å². The van der Waals surface area contributed by atoms with Crippen molar-refractivity contribution in [2.45, 2.75) is 19.3 Å². The molecule has 0 heterocycles. The van der Waals surface area contributed by atoms with Crippen LogP contribution in [-0.2, 0) is 4.79 Å². The second kappa shape index (κ2) is 4.40. The minimum absolute atomic E-state index is 0. The fourth-order valence-corrected chi connectivity index (χ4v) is 0.301. The van der Waals surface area contributed by atoms with Gasteiger partial charge in [-0.2, -0.15) is 13.2 Å². The molecule has 68 valence electrons. The van der Waals surface area contributed by atoms with E-state index in [0.29, 0.717) is 0 Å². The van der Waals surface area contributed by atoms with Crippen LogP contribution in [0.25, 0.3) is 0 Å². The van der Waals surface area contributed by atoms with Gasteiger partial charge in [-0.3, -0.25) is 4.79 Å². The van der Waals surface area contributed by atoms with Gasteiger partial charge < -0.3 is 11.1 Å². The van der Waals surface area contributed by atoms with E-state index in [1.165, 1.54) is 5.32 Å². The fraction of sp³-hybridized carbons (Fsp3) is 0.750. The molecule has 7 heteroatoms. The third-order valence-electron chi connectivity index (χ3n) is 0.711. The van der Waals surface area contributed by atoms with E-state index in [4.69, 9.17) is 0 Å². The van der Waals surface area contributed by atoms with E-state index >= 15 is 0 Å². The molecular formula is C4H8ClF3N2O. The van der Waals surface area contributed by atoms with E-state index in [9.17, 15) is 18.0 Å². The standard InChI is InChI=1S/C4H7F3N2O.ClH/c1-2(10)9-3(8)4(5,6)7;/h3H,8H2,1H3,(H,9,10);1H. The second-order valence-corrected chi connectivity index (χ2v) is 1.72. The summed E-state index contributed by atoms with van der Waals surface area (Å²) in [5.74, 6) is -0.801. The average molecular weight is 193 g/mol. The van der Waals surface area contributed by atoms with Gasteiger partial charge in [-0.15, -0.1) is 12.4 Å². The zero-order valence-electron chi connectivity index (χ0n) is 5.61. The fourth-order valence-electron chi connectivity index (χ4n) is 0.301. The Balaban J connectivity index is 0. The molecule has 0 aliphatic carbocycles. The Morgan fingerprint density at radius 2 is 1.91 bits per heavy atom. The van der Waals surface area contributed by atoms with Gasteiger partial charge >= 0.3 is 6.18 Å². The van der Waals surface area contributed by atoms with Gasteiger partial charge in [-0.05, 0) is 0 Å². The molecule has 0 aromatic carbocycles. The SMILES string of the molecule is CC(=O)NC(N)C(F)(F)F.Cl. The molecule has 0 radical (unpaired) electrons. The van der Waals surface area contributed by atoms with Crippen molar-refractivity contribution in [2.75, 3.05) is 0 Å². The summed E-state index contributed by atoms with van der Waals surface area (Å²) in [5.41, 5.74) is 4.49. The Morgan fingerprint density at radius 3 is 2.00 bits per heavy atom. The molecule has 1 unspecified atom stereocenters. The van der Waals surface area contributed by atoms with Gasteiger partial charge in [-0.1, -0.05) is 0 Å². The van der Waals surface area contributed by atoms with Gasteiger partial charge in [-0.25, -0.2) is 0 Å². The van der Waals surface area contributed by atoms with Crippen molar-refractivity contribution in [2.24, 2.45) is 5.73 Å². The molecular weight excluding hydrogens is 185 g/mol. The van der Waals surface area contributed by atoms with E-state index in [1.54, 1.807) is 0 Å². The molecule has 11 heavy (non-hydrogen) atoms. The van der Waals surface area contributed by atoms with Crippen molar-refractivity contribution in [3.05, 3.63) is 0 Å². The van der Waals surface area contributed by atoms with Crippen molar-refractivity contribution < 1.29 is 18.0 Å². The van der Waals surface area contributed by atoms with Crippen LogP contribution in [0.3, 0.4) is 0 Å². The first-order chi connectivity index (χ1) is 4.34. The molecule has 1 amide bonds. The highest BCUT2D eigenvalue weighted by Crippen LogP contribution is 2.16. The van der Waals surface area contributed by atoms with E-state index in [0.717, 1.165) is 6.92 Å². The molecule has 3 N–H and O–H groups in total. The van der Waals surface area contributed by atoms with Gasteiger partial charge in [0.1, 0.15) is 0 Å². The lowest BCUT2D eigenvalue weighted by Crippen LogP contribution is -2.50. The molecule has 0 aromatic rings. The first kappa shape index (κ1) is 13.1. The number of carbonyl (C=O) groups excluding carboxylic acids is 1. The molecule has 0 aromatic heterocycles. The van der Waals surface area contributed by atoms with E-state index < -0.39 is 18.2 Å². The van der Waals surface area contributed by atoms with Crippen LogP contribution >= 0.6 is 12.4 Å². The molecule has 0 aliphatic rings. The third-order valence-corrected chi connectivity index (χ3v) is 0.711. The Morgan fingerprint density at radius 1 is 1.55 bits per heavy atom. The highest BCUT2D eigenvalue weighted by atomic mass is 35.5. The van der Waals surface area contributed by atoms with Crippen molar-refractivity contribution >= 4 is 18.3 Å². The Hall–Kier alpha value is -0.490. The van der Waals surface area contributed by atoms with Crippen LogP contribution in [0.4, 0.5) is 13.2 Å². The number of alkyl halides is 3. The van der Waals surface area contributed by atoms with E-state index in [-0.39, 0.29) is 12.4 Å². The van der Waals surface area contributed by atoms with Crippen LogP contribution in [0.15, 0.2) is 0 Å². The lowest BCUT2D eigenvalue weighted by Gasteiger charge is -2.15. The van der Waals surface area contributed by atoms with Crippen LogP contribution in [-0.4, -0.2) is 18.2 Å². The van der Waals surface area contributed by atoms with Crippen LogP contribution in [0.2, 0.25) is 0 Å². The molecule has 0 bridgehead atoms. The van der Waals surface area contributed by atoms with E-state index in [1.807, 2.05) is 0 Å². The lowest BCUT2D eigenvalue weighted by atomic mass is 10.5. The third kappa shape index (κ3) is 5.93. The normalized spacial score (nSPS) is 13.2. The highest BCUT2D eigenvalue weighted by Gasteiger charge is 2.37. The quantitative estimate of drug-likeness (QED) is 0.591. The summed E-state index contributed by atoms with van der Waals surface area (Å²) in [6, 6.07) is 0. The number of amides is 1. The molecule has 0 saturated heterocycles. The first-order valence-corrected chi connectivity index (χ1v) is 2.43. The Kier molecular flexibility index (Phi) is 5.25. The lowest BCUT2D eigenvalue weighted by molar-refractivity contribution is -0.159. The summed E-state index contributed by atoms with van der Waals surface area (Å²) in [7, 11) is 0. The first-order valence-electron chi connectivity index (χ1n) is 2.43. The van der Waals surface area contributed by atoms with Gasteiger partial charge in [0.2, 0.25) is 5.91 Å². The van der Waals surface area contributed by atoms with Gasteiger partial charge in [0, 0.05) is 6.92 Å². The van der Waals surface area contributed by atoms with Gasteiger partial charge in [0.25, 0.3) is 0 Å². The number of carbonyl (C=O) groups is 1. The van der Waals surface area contributed by atoms with Crippen molar-refractivity contribution in [3.8, 4) is 0 Å². The predicted molar refractivity (Wildman–Crippen MR) is 35.1 cm³/mol. The van der Waals surface area contributed by atoms with Crippen LogP contribution in [0.5, 0.6) is 0 Å². The maximum Gasteiger partial charge on any atom is 0.421 e. The predicted octanol–water partition coefficient (Wildman–Crippen LogP) is 0.391. The van der Waals surface area contributed by atoms with Crippen molar-refractivity contribution in [1.82, 2.24) is 5.32 Å². The number of halogens is 4. The summed E-state index contributed by atoms with van der Waals surface area (Å²) in [4.78, 5) is 10.0. The number of hydrogen-bond donors (Lipinski definition) is 2. The monoisotopic (exact) mass is 192 g/mol. The maximum absolute atomic E-state index is 11.5. The molecule has 0 spiro atoms. The molecule has 1 atom stereocenters. The van der Waals surface area contributed by atoms with E-state index in [2.05, 4.69) is 5.73 Å². The smallest absolute Gasteiger partial charge is 0.333 e. The molecule has 3 nitrogen and oxygen atoms in total. The summed E-state index contributed by atoms with van der Waals surface area (Å²) < 4.78 is 34.4. The molecule has 0 aliphatic heterocycles. The molecule has 0 saturated carbocycles. The summed E-state index contributed by atoms with van der Waals surface area (Å²) in [5, 5.41) is 1.50. The minimum atomic E-state index is -4.56. The summed E-state index contributed by atoms with van der Waals surface area (Å²) in [6.45, 7) is 0.964. The molecule has 0 fully saturated rings. The zero-order valence-corrected chi connectivity index (χ0v) is 6.42. The summed E-state index contributed by atoms with van der Waals surface area (Å²) >= 11 is 0. The zero-order chi connectivity index (χ0) is 8.36. The van der Waals surface area contributed by atoms with Gasteiger partial charge in [0.05, 0.1) is 0 Å². The Bertz CT molecular complexity index is 138. The maximum atomic E-state index is 11.5. The average Bonchev–Trinajstić information content (AvgIpc) is 1.60. The minimum Gasteiger partial charge on any atom is -0.333 e. The van der Waals surface area contributed by atoms with Crippen LogP contribution in [0.1, 0.15) is 6.92 Å². The topological polar surface area (TPSA) is 55.1 Å². The van der Waals surface area contributed by atoms with Crippen LogP contribution < -0.4 is 11.1 Å². The second-order valence-electron chi connectivity index (χ2n) is 1.72. The largest absolute Gasteiger partial charge is 0.421 e. The van der Waals surface area contributed by atoms with Crippen molar-refractivity contribution in [1.29, 1.82) is 0 Å².